The van der Waals surface area contributed by atoms with Crippen LogP contribution < -0.4 is 0 Å². The van der Waals surface area contributed by atoms with Gasteiger partial charge in [0, 0.05) is 11.8 Å². The second kappa shape index (κ2) is 5.30. The van der Waals surface area contributed by atoms with Gasteiger partial charge in [0.1, 0.15) is 5.75 Å². The van der Waals surface area contributed by atoms with Gasteiger partial charge in [-0.1, -0.05) is 48.0 Å². The molecule has 0 heterocycles. The van der Waals surface area contributed by atoms with Crippen molar-refractivity contribution >= 4 is 6.21 Å². The average molecular weight is 225 g/mol. The van der Waals surface area contributed by atoms with Gasteiger partial charge in [-0.3, -0.25) is 4.99 Å². The quantitative estimate of drug-likeness (QED) is 0.798. The molecule has 0 atom stereocenters. The lowest BCUT2D eigenvalue weighted by atomic mass is 10.2. The number of para-hydroxylation sites is 1. The maximum atomic E-state index is 9.57. The molecule has 0 bridgehead atoms. The molecule has 0 fully saturated rings. The highest BCUT2D eigenvalue weighted by Gasteiger charge is 1.96. The summed E-state index contributed by atoms with van der Waals surface area (Å²) in [6.07, 6.45) is 1.83. The van der Waals surface area contributed by atoms with E-state index < -0.39 is 0 Å². The fourth-order valence-corrected chi connectivity index (χ4v) is 1.55. The predicted octanol–water partition coefficient (Wildman–Crippen LogP) is 3.32. The molecular weight excluding hydrogens is 210 g/mol. The predicted molar refractivity (Wildman–Crippen MR) is 70.6 cm³/mol. The van der Waals surface area contributed by atoms with Crippen LogP contribution in [0.5, 0.6) is 5.75 Å². The van der Waals surface area contributed by atoms with Crippen molar-refractivity contribution in [2.45, 2.75) is 13.5 Å². The molecule has 2 heteroatoms. The fourth-order valence-electron chi connectivity index (χ4n) is 1.55. The number of aryl methyl sites for hydroxylation is 1. The first-order valence-electron chi connectivity index (χ1n) is 5.59. The summed E-state index contributed by atoms with van der Waals surface area (Å²) in [5, 5.41) is 9.57. The van der Waals surface area contributed by atoms with E-state index in [1.165, 1.54) is 5.56 Å². The third kappa shape index (κ3) is 3.18. The molecule has 0 radical (unpaired) electrons. The van der Waals surface area contributed by atoms with E-state index in [1.54, 1.807) is 6.07 Å². The van der Waals surface area contributed by atoms with E-state index in [1.807, 2.05) is 36.5 Å². The lowest BCUT2D eigenvalue weighted by Gasteiger charge is -1.99. The largest absolute Gasteiger partial charge is 0.508 e. The highest BCUT2D eigenvalue weighted by molar-refractivity contribution is 5.79. The molecule has 0 unspecified atom stereocenters. The lowest BCUT2D eigenvalue weighted by Crippen LogP contribution is -1.85. The number of phenolic OH excluding ortho intramolecular Hbond substituents is 1. The van der Waals surface area contributed by atoms with Gasteiger partial charge in [-0.15, -0.1) is 0 Å². The summed E-state index contributed by atoms with van der Waals surface area (Å²) in [7, 11) is 0. The second-order valence-electron chi connectivity index (χ2n) is 4.01. The van der Waals surface area contributed by atoms with Gasteiger partial charge in [-0.2, -0.15) is 0 Å². The average Bonchev–Trinajstić information content (AvgIpc) is 2.34. The van der Waals surface area contributed by atoms with Gasteiger partial charge < -0.3 is 5.11 Å². The molecule has 2 nitrogen and oxygen atoms in total. The molecule has 0 spiro atoms. The number of rotatable bonds is 3. The molecule has 2 aromatic rings. The van der Waals surface area contributed by atoms with Crippen LogP contribution in [0.4, 0.5) is 0 Å². The normalized spacial score (nSPS) is 10.9. The Hall–Kier alpha value is -2.09. The molecule has 17 heavy (non-hydrogen) atoms. The smallest absolute Gasteiger partial charge is 0.120 e. The highest BCUT2D eigenvalue weighted by Crippen LogP contribution is 2.16. The third-order valence-electron chi connectivity index (χ3n) is 2.57. The summed E-state index contributed by atoms with van der Waals surface area (Å²) < 4.78 is 0. The Kier molecular flexibility index (Phi) is 3.55. The Labute approximate surface area is 101 Å². The second-order valence-corrected chi connectivity index (χ2v) is 4.01. The van der Waals surface area contributed by atoms with Gasteiger partial charge in [0.05, 0.1) is 6.54 Å². The van der Waals surface area contributed by atoms with E-state index in [0.717, 1.165) is 11.1 Å². The number of aliphatic imine (C=N–C) groups is 1. The van der Waals surface area contributed by atoms with Gasteiger partial charge in [-0.05, 0) is 18.6 Å². The molecule has 2 rings (SSSR count). The van der Waals surface area contributed by atoms with Crippen LogP contribution in [0.15, 0.2) is 53.5 Å². The standard InChI is InChI=1S/C15H15NO/c1-12-6-8-13(9-7-12)10-16-11-14-4-2-3-5-15(14)17/h2-10,17H,11H2,1H3. The molecule has 0 aromatic heterocycles. The van der Waals surface area contributed by atoms with E-state index in [-0.39, 0.29) is 0 Å². The summed E-state index contributed by atoms with van der Waals surface area (Å²) in [4.78, 5) is 4.32. The summed E-state index contributed by atoms with van der Waals surface area (Å²) in [5.41, 5.74) is 3.16. The zero-order chi connectivity index (χ0) is 12.1. The van der Waals surface area contributed by atoms with Crippen LogP contribution in [0.3, 0.4) is 0 Å². The minimum absolute atomic E-state index is 0.300. The maximum Gasteiger partial charge on any atom is 0.120 e. The monoisotopic (exact) mass is 225 g/mol. The first kappa shape index (κ1) is 11.4. The molecule has 0 aliphatic rings. The van der Waals surface area contributed by atoms with Gasteiger partial charge in [0.2, 0.25) is 0 Å². The number of phenols is 1. The van der Waals surface area contributed by atoms with Crippen molar-refractivity contribution in [3.05, 3.63) is 65.2 Å². The third-order valence-corrected chi connectivity index (χ3v) is 2.57. The SMILES string of the molecule is Cc1ccc(C=NCc2ccccc2O)cc1. The Bertz CT molecular complexity index is 515. The fraction of sp³-hybridized carbons (Fsp3) is 0.133. The van der Waals surface area contributed by atoms with Crippen LogP contribution in [0.25, 0.3) is 0 Å². The Morgan fingerprint density at radius 2 is 1.76 bits per heavy atom. The zero-order valence-corrected chi connectivity index (χ0v) is 9.80. The van der Waals surface area contributed by atoms with E-state index in [4.69, 9.17) is 0 Å². The Morgan fingerprint density at radius 3 is 2.47 bits per heavy atom. The van der Waals surface area contributed by atoms with Crippen LogP contribution in [0, 0.1) is 6.92 Å². The van der Waals surface area contributed by atoms with Gasteiger partial charge >= 0.3 is 0 Å². The number of aromatic hydroxyl groups is 1. The number of hydrogen-bond acceptors (Lipinski definition) is 2. The highest BCUT2D eigenvalue weighted by atomic mass is 16.3. The summed E-state index contributed by atoms with van der Waals surface area (Å²) >= 11 is 0. The number of nitrogens with zero attached hydrogens (tertiary/aromatic N) is 1. The van der Waals surface area contributed by atoms with Gasteiger partial charge in [-0.25, -0.2) is 0 Å². The summed E-state index contributed by atoms with van der Waals surface area (Å²) in [6, 6.07) is 15.4. The van der Waals surface area contributed by atoms with Gasteiger partial charge in [0.25, 0.3) is 0 Å². The minimum Gasteiger partial charge on any atom is -0.508 e. The van der Waals surface area contributed by atoms with Crippen molar-refractivity contribution in [3.63, 3.8) is 0 Å². The maximum absolute atomic E-state index is 9.57. The van der Waals surface area contributed by atoms with Gasteiger partial charge in [0.15, 0.2) is 0 Å². The minimum atomic E-state index is 0.300. The molecule has 86 valence electrons. The van der Waals surface area contributed by atoms with Crippen LogP contribution in [0.1, 0.15) is 16.7 Å². The van der Waals surface area contributed by atoms with E-state index >= 15 is 0 Å². The molecule has 0 saturated heterocycles. The lowest BCUT2D eigenvalue weighted by molar-refractivity contribution is 0.468. The number of hydrogen-bond donors (Lipinski definition) is 1. The Balaban J connectivity index is 2.03. The summed E-state index contributed by atoms with van der Waals surface area (Å²) in [6.45, 7) is 2.56. The zero-order valence-electron chi connectivity index (χ0n) is 9.80. The van der Waals surface area contributed by atoms with Crippen molar-refractivity contribution in [2.75, 3.05) is 0 Å². The van der Waals surface area contributed by atoms with E-state index in [2.05, 4.69) is 24.0 Å². The first-order valence-corrected chi connectivity index (χ1v) is 5.59. The van der Waals surface area contributed by atoms with Crippen LogP contribution >= 0.6 is 0 Å². The summed E-state index contributed by atoms with van der Waals surface area (Å²) in [5.74, 6) is 0.300. The molecule has 2 aromatic carbocycles. The molecule has 0 aliphatic carbocycles. The van der Waals surface area contributed by atoms with Crippen molar-refractivity contribution in [1.29, 1.82) is 0 Å². The van der Waals surface area contributed by atoms with E-state index in [9.17, 15) is 5.11 Å². The Morgan fingerprint density at radius 1 is 1.06 bits per heavy atom. The van der Waals surface area contributed by atoms with Crippen molar-refractivity contribution in [2.24, 2.45) is 4.99 Å². The van der Waals surface area contributed by atoms with Crippen LogP contribution in [-0.2, 0) is 6.54 Å². The van der Waals surface area contributed by atoms with Crippen LogP contribution in [0.2, 0.25) is 0 Å². The molecule has 0 amide bonds. The van der Waals surface area contributed by atoms with E-state index in [0.29, 0.717) is 12.3 Å². The van der Waals surface area contributed by atoms with Crippen molar-refractivity contribution < 1.29 is 5.11 Å². The first-order chi connectivity index (χ1) is 8.25. The molecule has 0 aliphatic heterocycles. The molecule has 1 N–H and O–H groups in total. The topological polar surface area (TPSA) is 32.6 Å². The molecular formula is C15H15NO. The molecule has 0 saturated carbocycles. The number of benzene rings is 2. The van der Waals surface area contributed by atoms with Crippen molar-refractivity contribution in [3.8, 4) is 5.75 Å². The van der Waals surface area contributed by atoms with Crippen LogP contribution in [-0.4, -0.2) is 11.3 Å². The van der Waals surface area contributed by atoms with Crippen molar-refractivity contribution in [1.82, 2.24) is 0 Å².